The standard InChI is InChI=1S/C24H33N3O3/c1-5-21(6-2)30-24-15-20(11-13-25-24)27-14-12-23(16-27)29-22-9-7-19(8-10-22)17(3)26-18(4)28/h7-11,13,15,17,21,23H,5-6,12,14,16H2,1-4H3,(H,26,28)/t17-,23+/m0/s1. The van der Waals surface area contributed by atoms with Crippen molar-refractivity contribution >= 4 is 11.6 Å². The van der Waals surface area contributed by atoms with Gasteiger partial charge in [0.1, 0.15) is 11.9 Å². The van der Waals surface area contributed by atoms with Crippen LogP contribution in [0.4, 0.5) is 5.69 Å². The number of aromatic nitrogens is 1. The summed E-state index contributed by atoms with van der Waals surface area (Å²) < 4.78 is 12.2. The molecule has 0 spiro atoms. The number of carbonyl (C=O) groups excluding carboxylic acids is 1. The molecule has 1 fully saturated rings. The second kappa shape index (κ2) is 10.3. The molecular weight excluding hydrogens is 378 g/mol. The third-order valence-corrected chi connectivity index (χ3v) is 5.53. The first-order valence-electron chi connectivity index (χ1n) is 10.9. The van der Waals surface area contributed by atoms with Gasteiger partial charge < -0.3 is 19.7 Å². The summed E-state index contributed by atoms with van der Waals surface area (Å²) in [6.45, 7) is 9.54. The molecule has 0 radical (unpaired) electrons. The Labute approximate surface area is 179 Å². The number of pyridine rings is 1. The van der Waals surface area contributed by atoms with Crippen LogP contribution in [0.2, 0.25) is 0 Å². The number of nitrogens with zero attached hydrogens (tertiary/aromatic N) is 2. The number of anilines is 1. The van der Waals surface area contributed by atoms with Gasteiger partial charge in [0.25, 0.3) is 0 Å². The Morgan fingerprint density at radius 1 is 1.23 bits per heavy atom. The lowest BCUT2D eigenvalue weighted by molar-refractivity contribution is -0.119. The fourth-order valence-electron chi connectivity index (χ4n) is 3.76. The molecular formula is C24H33N3O3. The minimum atomic E-state index is -0.0292. The molecule has 1 amide bonds. The lowest BCUT2D eigenvalue weighted by Gasteiger charge is -2.21. The minimum absolute atomic E-state index is 0.0124. The number of amides is 1. The van der Waals surface area contributed by atoms with Gasteiger partial charge in [0.05, 0.1) is 18.7 Å². The van der Waals surface area contributed by atoms with Gasteiger partial charge in [-0.05, 0) is 43.5 Å². The molecule has 6 heteroatoms. The van der Waals surface area contributed by atoms with E-state index in [2.05, 4.69) is 29.0 Å². The maximum absolute atomic E-state index is 11.2. The van der Waals surface area contributed by atoms with Gasteiger partial charge in [0.2, 0.25) is 11.8 Å². The molecule has 2 atom stereocenters. The monoisotopic (exact) mass is 411 g/mol. The van der Waals surface area contributed by atoms with Crippen LogP contribution in [0.25, 0.3) is 0 Å². The van der Waals surface area contributed by atoms with Crippen molar-refractivity contribution in [3.05, 3.63) is 48.2 Å². The first-order valence-corrected chi connectivity index (χ1v) is 10.9. The van der Waals surface area contributed by atoms with E-state index in [9.17, 15) is 4.79 Å². The molecule has 2 aromatic rings. The highest BCUT2D eigenvalue weighted by molar-refractivity contribution is 5.73. The summed E-state index contributed by atoms with van der Waals surface area (Å²) in [5, 5.41) is 2.90. The highest BCUT2D eigenvalue weighted by atomic mass is 16.5. The predicted molar refractivity (Wildman–Crippen MR) is 119 cm³/mol. The number of nitrogens with one attached hydrogen (secondary N) is 1. The van der Waals surface area contributed by atoms with Crippen molar-refractivity contribution in [2.45, 2.75) is 65.2 Å². The number of ether oxygens (including phenoxy) is 2. The lowest BCUT2D eigenvalue weighted by Crippen LogP contribution is -2.25. The van der Waals surface area contributed by atoms with Crippen molar-refractivity contribution in [2.24, 2.45) is 0 Å². The van der Waals surface area contributed by atoms with Gasteiger partial charge in [-0.1, -0.05) is 26.0 Å². The van der Waals surface area contributed by atoms with E-state index in [0.717, 1.165) is 49.4 Å². The van der Waals surface area contributed by atoms with Crippen molar-refractivity contribution in [1.29, 1.82) is 0 Å². The smallest absolute Gasteiger partial charge is 0.217 e. The number of benzene rings is 1. The Morgan fingerprint density at radius 2 is 1.97 bits per heavy atom. The van der Waals surface area contributed by atoms with Crippen LogP contribution in [0, 0.1) is 0 Å². The minimum Gasteiger partial charge on any atom is -0.489 e. The molecule has 30 heavy (non-hydrogen) atoms. The summed E-state index contributed by atoms with van der Waals surface area (Å²) in [5.41, 5.74) is 2.18. The molecule has 0 bridgehead atoms. The second-order valence-corrected chi connectivity index (χ2v) is 7.87. The van der Waals surface area contributed by atoms with E-state index in [0.29, 0.717) is 5.88 Å². The summed E-state index contributed by atoms with van der Waals surface area (Å²) in [4.78, 5) is 17.9. The zero-order chi connectivity index (χ0) is 21.5. The van der Waals surface area contributed by atoms with E-state index >= 15 is 0 Å². The van der Waals surface area contributed by atoms with E-state index < -0.39 is 0 Å². The largest absolute Gasteiger partial charge is 0.489 e. The molecule has 2 heterocycles. The SMILES string of the molecule is CCC(CC)Oc1cc(N2CC[C@@H](Oc3ccc([C@H](C)NC(C)=O)cc3)C2)ccn1. The van der Waals surface area contributed by atoms with Gasteiger partial charge in [-0.15, -0.1) is 0 Å². The highest BCUT2D eigenvalue weighted by Crippen LogP contribution is 2.27. The van der Waals surface area contributed by atoms with Gasteiger partial charge in [0, 0.05) is 37.8 Å². The Kier molecular flexibility index (Phi) is 7.55. The van der Waals surface area contributed by atoms with E-state index in [1.54, 1.807) is 0 Å². The van der Waals surface area contributed by atoms with Gasteiger partial charge in [-0.2, -0.15) is 0 Å². The number of hydrogen-bond donors (Lipinski definition) is 1. The fraction of sp³-hybridized carbons (Fsp3) is 0.500. The molecule has 0 aliphatic carbocycles. The van der Waals surface area contributed by atoms with Crippen molar-refractivity contribution in [3.8, 4) is 11.6 Å². The Bertz CT molecular complexity index is 821. The molecule has 1 aromatic heterocycles. The number of hydrogen-bond acceptors (Lipinski definition) is 5. The molecule has 1 aliphatic rings. The van der Waals surface area contributed by atoms with Crippen LogP contribution >= 0.6 is 0 Å². The lowest BCUT2D eigenvalue weighted by atomic mass is 10.1. The Hall–Kier alpha value is -2.76. The molecule has 3 rings (SSSR count). The summed E-state index contributed by atoms with van der Waals surface area (Å²) in [6.07, 6.45) is 5.08. The van der Waals surface area contributed by atoms with E-state index in [4.69, 9.17) is 9.47 Å². The zero-order valence-electron chi connectivity index (χ0n) is 18.4. The molecule has 6 nitrogen and oxygen atoms in total. The van der Waals surface area contributed by atoms with Crippen LogP contribution in [0.15, 0.2) is 42.6 Å². The number of carbonyl (C=O) groups is 1. The predicted octanol–water partition coefficient (Wildman–Crippen LogP) is 4.50. The Balaban J connectivity index is 1.56. The second-order valence-electron chi connectivity index (χ2n) is 7.87. The van der Waals surface area contributed by atoms with Crippen LogP contribution in [-0.4, -0.2) is 36.2 Å². The summed E-state index contributed by atoms with van der Waals surface area (Å²) in [6, 6.07) is 12.0. The van der Waals surface area contributed by atoms with Crippen molar-refractivity contribution in [2.75, 3.05) is 18.0 Å². The first kappa shape index (κ1) is 21.9. The van der Waals surface area contributed by atoms with Crippen LogP contribution in [0.1, 0.15) is 58.6 Å². The van der Waals surface area contributed by atoms with Gasteiger partial charge in [0.15, 0.2) is 0 Å². The molecule has 1 saturated heterocycles. The average Bonchev–Trinajstić information content (AvgIpc) is 3.21. The summed E-state index contributed by atoms with van der Waals surface area (Å²) in [5.74, 6) is 1.51. The van der Waals surface area contributed by atoms with Crippen molar-refractivity contribution in [3.63, 3.8) is 0 Å². The maximum atomic E-state index is 11.2. The third kappa shape index (κ3) is 5.88. The quantitative estimate of drug-likeness (QED) is 0.658. The highest BCUT2D eigenvalue weighted by Gasteiger charge is 2.25. The first-order chi connectivity index (χ1) is 14.5. The van der Waals surface area contributed by atoms with E-state index in [1.807, 2.05) is 49.5 Å². The fourth-order valence-corrected chi connectivity index (χ4v) is 3.76. The zero-order valence-corrected chi connectivity index (χ0v) is 18.4. The van der Waals surface area contributed by atoms with Crippen LogP contribution in [0.5, 0.6) is 11.6 Å². The molecule has 162 valence electrons. The average molecular weight is 412 g/mol. The molecule has 1 aromatic carbocycles. The van der Waals surface area contributed by atoms with E-state index in [1.165, 1.54) is 6.92 Å². The van der Waals surface area contributed by atoms with Crippen LogP contribution < -0.4 is 19.7 Å². The third-order valence-electron chi connectivity index (χ3n) is 5.53. The normalized spacial score (nSPS) is 17.1. The molecule has 0 unspecified atom stereocenters. The maximum Gasteiger partial charge on any atom is 0.217 e. The Morgan fingerprint density at radius 3 is 2.63 bits per heavy atom. The molecule has 1 aliphatic heterocycles. The molecule has 0 saturated carbocycles. The van der Waals surface area contributed by atoms with Crippen LogP contribution in [0.3, 0.4) is 0 Å². The van der Waals surface area contributed by atoms with E-state index in [-0.39, 0.29) is 24.2 Å². The van der Waals surface area contributed by atoms with Gasteiger partial charge in [-0.25, -0.2) is 4.98 Å². The topological polar surface area (TPSA) is 63.7 Å². The number of rotatable bonds is 9. The van der Waals surface area contributed by atoms with Crippen molar-refractivity contribution in [1.82, 2.24) is 10.3 Å². The van der Waals surface area contributed by atoms with Gasteiger partial charge >= 0.3 is 0 Å². The summed E-state index contributed by atoms with van der Waals surface area (Å²) in [7, 11) is 0. The van der Waals surface area contributed by atoms with Crippen molar-refractivity contribution < 1.29 is 14.3 Å². The van der Waals surface area contributed by atoms with Crippen LogP contribution in [-0.2, 0) is 4.79 Å². The summed E-state index contributed by atoms with van der Waals surface area (Å²) >= 11 is 0. The molecule has 1 N–H and O–H groups in total. The van der Waals surface area contributed by atoms with Gasteiger partial charge in [-0.3, -0.25) is 4.79 Å².